The minimum absolute atomic E-state index is 0.133. The minimum Gasteiger partial charge on any atom is -0.503 e. The second-order valence-electron chi connectivity index (χ2n) is 8.88. The van der Waals surface area contributed by atoms with E-state index in [1.54, 1.807) is 52.1 Å². The summed E-state index contributed by atoms with van der Waals surface area (Å²) >= 11 is 0. The number of anilines is 2. The average molecular weight is 437 g/mol. The van der Waals surface area contributed by atoms with E-state index in [1.807, 2.05) is 24.3 Å². The SMILES string of the molecule is CCN(CC)c1ccc(C2C(C(=O)C(C)(C)C)=C(O)C(=O)N2c2ccc(OC)cc2)cc1. The number of carbonyl (C=O) groups excluding carboxylic acids is 2. The standard InChI is InChI=1S/C26H32N2O4/c1-7-27(8-2)18-11-9-17(10-12-18)22-21(24(30)26(3,4)5)23(29)25(31)28(22)19-13-15-20(32-6)16-14-19/h9-16,22,29H,7-8H2,1-6H3. The molecule has 3 rings (SSSR count). The lowest BCUT2D eigenvalue weighted by Crippen LogP contribution is -2.32. The third-order valence-corrected chi connectivity index (χ3v) is 5.82. The van der Waals surface area contributed by atoms with Crippen LogP contribution in [0.1, 0.15) is 46.2 Å². The van der Waals surface area contributed by atoms with Crippen LogP contribution in [0.4, 0.5) is 11.4 Å². The van der Waals surface area contributed by atoms with Gasteiger partial charge in [-0.3, -0.25) is 14.5 Å². The van der Waals surface area contributed by atoms with Crippen LogP contribution in [-0.2, 0) is 9.59 Å². The Bertz CT molecular complexity index is 1010. The first-order valence-electron chi connectivity index (χ1n) is 10.9. The summed E-state index contributed by atoms with van der Waals surface area (Å²) in [5.74, 6) is -0.667. The molecule has 1 amide bonds. The first kappa shape index (κ1) is 23.4. The summed E-state index contributed by atoms with van der Waals surface area (Å²) in [4.78, 5) is 30.2. The summed E-state index contributed by atoms with van der Waals surface area (Å²) in [5.41, 5.74) is 1.79. The molecule has 0 aromatic heterocycles. The van der Waals surface area contributed by atoms with Crippen LogP contribution in [0.5, 0.6) is 5.75 Å². The van der Waals surface area contributed by atoms with Crippen molar-refractivity contribution in [2.45, 2.75) is 40.7 Å². The number of rotatable bonds is 7. The normalized spacial score (nSPS) is 16.5. The van der Waals surface area contributed by atoms with Crippen molar-refractivity contribution in [2.75, 3.05) is 30.0 Å². The maximum Gasteiger partial charge on any atom is 0.294 e. The number of methoxy groups -OCH3 is 1. The van der Waals surface area contributed by atoms with Crippen LogP contribution in [0.3, 0.4) is 0 Å². The molecule has 170 valence electrons. The van der Waals surface area contributed by atoms with E-state index >= 15 is 0 Å². The number of benzene rings is 2. The highest BCUT2D eigenvalue weighted by molar-refractivity contribution is 6.17. The number of aliphatic hydroxyl groups is 1. The Balaban J connectivity index is 2.13. The molecule has 0 bridgehead atoms. The Labute approximate surface area is 190 Å². The Morgan fingerprint density at radius 2 is 1.59 bits per heavy atom. The quantitative estimate of drug-likeness (QED) is 0.657. The van der Waals surface area contributed by atoms with Gasteiger partial charge in [0.25, 0.3) is 5.91 Å². The van der Waals surface area contributed by atoms with E-state index in [0.29, 0.717) is 11.4 Å². The predicted octanol–water partition coefficient (Wildman–Crippen LogP) is 5.06. The molecule has 0 radical (unpaired) electrons. The van der Waals surface area contributed by atoms with Gasteiger partial charge in [-0.1, -0.05) is 32.9 Å². The second-order valence-corrected chi connectivity index (χ2v) is 8.88. The smallest absolute Gasteiger partial charge is 0.294 e. The van der Waals surface area contributed by atoms with E-state index < -0.39 is 23.1 Å². The topological polar surface area (TPSA) is 70.1 Å². The number of Topliss-reactive ketones (excluding diaryl/α,β-unsaturated/α-hetero) is 1. The molecule has 0 aliphatic carbocycles. The molecule has 0 spiro atoms. The van der Waals surface area contributed by atoms with Crippen molar-refractivity contribution in [1.29, 1.82) is 0 Å². The van der Waals surface area contributed by atoms with Gasteiger partial charge < -0.3 is 14.7 Å². The van der Waals surface area contributed by atoms with Gasteiger partial charge in [0.2, 0.25) is 0 Å². The molecule has 6 heteroatoms. The summed E-state index contributed by atoms with van der Waals surface area (Å²) in [5, 5.41) is 10.8. The molecule has 1 atom stereocenters. The van der Waals surface area contributed by atoms with Gasteiger partial charge in [-0.25, -0.2) is 0 Å². The first-order valence-corrected chi connectivity index (χ1v) is 10.9. The van der Waals surface area contributed by atoms with Gasteiger partial charge in [0, 0.05) is 29.9 Å². The average Bonchev–Trinajstić information content (AvgIpc) is 3.04. The summed E-state index contributed by atoms with van der Waals surface area (Å²) < 4.78 is 5.23. The molecule has 2 aromatic rings. The number of ketones is 1. The summed E-state index contributed by atoms with van der Waals surface area (Å²) in [6, 6.07) is 14.1. The Hall–Kier alpha value is -3.28. The van der Waals surface area contributed by atoms with Crippen LogP contribution in [0, 0.1) is 5.41 Å². The molecule has 1 aliphatic heterocycles. The summed E-state index contributed by atoms with van der Waals surface area (Å²) in [6.45, 7) is 11.3. The predicted molar refractivity (Wildman–Crippen MR) is 127 cm³/mol. The van der Waals surface area contributed by atoms with E-state index in [9.17, 15) is 14.7 Å². The van der Waals surface area contributed by atoms with Gasteiger partial charge in [0.1, 0.15) is 5.75 Å². The molecule has 0 saturated heterocycles. The van der Waals surface area contributed by atoms with Crippen molar-refractivity contribution in [3.05, 3.63) is 65.4 Å². The Morgan fingerprint density at radius 1 is 1.03 bits per heavy atom. The zero-order valence-corrected chi connectivity index (χ0v) is 19.7. The zero-order valence-electron chi connectivity index (χ0n) is 19.7. The number of hydrogen-bond acceptors (Lipinski definition) is 5. The summed E-state index contributed by atoms with van der Waals surface area (Å²) in [6.07, 6.45) is 0. The maximum atomic E-state index is 13.3. The van der Waals surface area contributed by atoms with Crippen molar-refractivity contribution in [3.63, 3.8) is 0 Å². The molecular weight excluding hydrogens is 404 g/mol. The van der Waals surface area contributed by atoms with Crippen LogP contribution >= 0.6 is 0 Å². The number of amides is 1. The largest absolute Gasteiger partial charge is 0.503 e. The Kier molecular flexibility index (Phi) is 6.63. The molecule has 2 aromatic carbocycles. The van der Waals surface area contributed by atoms with E-state index in [2.05, 4.69) is 18.7 Å². The maximum absolute atomic E-state index is 13.3. The fraction of sp³-hybridized carbons (Fsp3) is 0.385. The lowest BCUT2D eigenvalue weighted by molar-refractivity contribution is -0.123. The van der Waals surface area contributed by atoms with Crippen molar-refractivity contribution in [2.24, 2.45) is 5.41 Å². The fourth-order valence-corrected chi connectivity index (χ4v) is 4.02. The second kappa shape index (κ2) is 9.07. The molecule has 6 nitrogen and oxygen atoms in total. The molecular formula is C26H32N2O4. The van der Waals surface area contributed by atoms with Crippen LogP contribution in [0.2, 0.25) is 0 Å². The van der Waals surface area contributed by atoms with Gasteiger partial charge in [-0.15, -0.1) is 0 Å². The molecule has 1 heterocycles. The van der Waals surface area contributed by atoms with Gasteiger partial charge in [0.15, 0.2) is 11.5 Å². The number of nitrogens with zero attached hydrogens (tertiary/aromatic N) is 2. The highest BCUT2D eigenvalue weighted by Crippen LogP contribution is 2.43. The zero-order chi connectivity index (χ0) is 23.6. The molecule has 1 aliphatic rings. The number of carbonyl (C=O) groups is 2. The van der Waals surface area contributed by atoms with Crippen LogP contribution < -0.4 is 14.5 Å². The van der Waals surface area contributed by atoms with Gasteiger partial charge in [0.05, 0.1) is 18.7 Å². The number of ether oxygens (including phenoxy) is 1. The third-order valence-electron chi connectivity index (χ3n) is 5.82. The summed E-state index contributed by atoms with van der Waals surface area (Å²) in [7, 11) is 1.57. The lowest BCUT2D eigenvalue weighted by Gasteiger charge is -2.29. The van der Waals surface area contributed by atoms with Gasteiger partial charge in [-0.2, -0.15) is 0 Å². The number of hydrogen-bond donors (Lipinski definition) is 1. The minimum atomic E-state index is -0.751. The van der Waals surface area contributed by atoms with Crippen LogP contribution in [0.15, 0.2) is 59.9 Å². The molecule has 0 fully saturated rings. The van der Waals surface area contributed by atoms with E-state index in [1.165, 1.54) is 4.90 Å². The Morgan fingerprint density at radius 3 is 2.06 bits per heavy atom. The van der Waals surface area contributed by atoms with E-state index in [4.69, 9.17) is 4.74 Å². The van der Waals surface area contributed by atoms with Gasteiger partial charge >= 0.3 is 0 Å². The lowest BCUT2D eigenvalue weighted by atomic mass is 9.82. The fourth-order valence-electron chi connectivity index (χ4n) is 4.02. The third kappa shape index (κ3) is 4.22. The molecule has 0 saturated carbocycles. The first-order chi connectivity index (χ1) is 15.1. The van der Waals surface area contributed by atoms with Crippen LogP contribution in [-0.4, -0.2) is 37.0 Å². The van der Waals surface area contributed by atoms with Gasteiger partial charge in [-0.05, 0) is 55.8 Å². The van der Waals surface area contributed by atoms with Crippen molar-refractivity contribution in [3.8, 4) is 5.75 Å². The molecule has 1 N–H and O–H groups in total. The van der Waals surface area contributed by atoms with E-state index in [0.717, 1.165) is 24.3 Å². The van der Waals surface area contributed by atoms with Crippen LogP contribution in [0.25, 0.3) is 0 Å². The van der Waals surface area contributed by atoms with Crippen molar-refractivity contribution in [1.82, 2.24) is 0 Å². The van der Waals surface area contributed by atoms with Crippen molar-refractivity contribution >= 4 is 23.1 Å². The monoisotopic (exact) mass is 436 g/mol. The highest BCUT2D eigenvalue weighted by atomic mass is 16.5. The molecule has 1 unspecified atom stereocenters. The highest BCUT2D eigenvalue weighted by Gasteiger charge is 2.46. The number of aliphatic hydroxyl groups excluding tert-OH is 1. The molecule has 32 heavy (non-hydrogen) atoms. The van der Waals surface area contributed by atoms with Crippen molar-refractivity contribution < 1.29 is 19.4 Å². The van der Waals surface area contributed by atoms with E-state index in [-0.39, 0.29) is 11.4 Å².